The van der Waals surface area contributed by atoms with Gasteiger partial charge in [0.1, 0.15) is 11.3 Å². The van der Waals surface area contributed by atoms with Crippen LogP contribution < -0.4 is 10.6 Å². The van der Waals surface area contributed by atoms with E-state index >= 15 is 0 Å². The number of fused-ring (bicyclic) bond motifs is 2. The topological polar surface area (TPSA) is 72.3 Å². The van der Waals surface area contributed by atoms with E-state index in [0.717, 1.165) is 36.7 Å². The van der Waals surface area contributed by atoms with Gasteiger partial charge in [0, 0.05) is 36.6 Å². The molecule has 1 fully saturated rings. The summed E-state index contributed by atoms with van der Waals surface area (Å²) in [6.07, 6.45) is 2.64. The Morgan fingerprint density at radius 3 is 2.60 bits per heavy atom. The van der Waals surface area contributed by atoms with Crippen molar-refractivity contribution in [3.63, 3.8) is 0 Å². The number of hydrogen-bond acceptors (Lipinski definition) is 5. The largest absolute Gasteiger partial charge is 0.355 e. The fourth-order valence-electron chi connectivity index (χ4n) is 5.82. The minimum absolute atomic E-state index is 0.0990. The zero-order chi connectivity index (χ0) is 24.3. The van der Waals surface area contributed by atoms with Crippen LogP contribution in [0.3, 0.4) is 0 Å². The first-order valence-corrected chi connectivity index (χ1v) is 11.8. The number of halogens is 3. The van der Waals surface area contributed by atoms with E-state index in [1.165, 1.54) is 10.6 Å². The third-order valence-electron chi connectivity index (χ3n) is 7.70. The molecule has 6 rings (SSSR count). The summed E-state index contributed by atoms with van der Waals surface area (Å²) < 4.78 is 44.2. The van der Waals surface area contributed by atoms with Crippen LogP contribution in [0.25, 0.3) is 16.8 Å². The Kier molecular flexibility index (Phi) is 5.07. The monoisotopic (exact) mass is 478 g/mol. The summed E-state index contributed by atoms with van der Waals surface area (Å²) >= 11 is 0. The molecule has 0 bridgehead atoms. The van der Waals surface area contributed by atoms with Crippen LogP contribution in [0.5, 0.6) is 0 Å². The maximum atomic E-state index is 14.7. The van der Waals surface area contributed by atoms with Gasteiger partial charge in [-0.1, -0.05) is 18.2 Å². The lowest BCUT2D eigenvalue weighted by molar-refractivity contribution is 0.153. The Bertz CT molecular complexity index is 1420. The molecular weight excluding hydrogens is 453 g/mol. The molecule has 3 aromatic heterocycles. The van der Waals surface area contributed by atoms with E-state index in [-0.39, 0.29) is 28.1 Å². The van der Waals surface area contributed by atoms with Crippen LogP contribution in [0.2, 0.25) is 0 Å². The van der Waals surface area contributed by atoms with Gasteiger partial charge in [0.2, 0.25) is 0 Å². The van der Waals surface area contributed by atoms with Gasteiger partial charge in [0.05, 0.1) is 23.1 Å². The number of nitrogens with two attached hydrogens (primary N) is 1. The highest BCUT2D eigenvalue weighted by Gasteiger charge is 2.47. The van der Waals surface area contributed by atoms with Crippen LogP contribution in [0.4, 0.5) is 19.0 Å². The fraction of sp³-hybridized carbons (Fsp3) is 0.346. The second kappa shape index (κ2) is 8.05. The van der Waals surface area contributed by atoms with Gasteiger partial charge in [-0.3, -0.25) is 4.98 Å². The number of benzene rings is 1. The SMILES string of the molecule is Cc1nc(N2CCC3(CC2)Cc2ncccc2[C@H]3N)c2c(C(F)F)cnn2c1-c1ccccc1F. The van der Waals surface area contributed by atoms with Crippen LogP contribution in [0, 0.1) is 18.2 Å². The molecule has 0 unspecified atom stereocenters. The van der Waals surface area contributed by atoms with E-state index in [9.17, 15) is 13.2 Å². The normalized spacial score (nSPS) is 19.1. The molecule has 1 spiro atoms. The molecule has 1 atom stereocenters. The Hall–Kier alpha value is -3.46. The van der Waals surface area contributed by atoms with Crippen LogP contribution in [-0.2, 0) is 6.42 Å². The molecule has 4 aromatic rings. The molecular formula is C26H25F3N6. The van der Waals surface area contributed by atoms with Gasteiger partial charge in [0.25, 0.3) is 6.43 Å². The zero-order valence-electron chi connectivity index (χ0n) is 19.3. The molecule has 180 valence electrons. The predicted octanol–water partition coefficient (Wildman–Crippen LogP) is 5.02. The van der Waals surface area contributed by atoms with Crippen molar-refractivity contribution in [2.24, 2.45) is 11.1 Å². The highest BCUT2D eigenvalue weighted by molar-refractivity contribution is 5.79. The van der Waals surface area contributed by atoms with Crippen molar-refractivity contribution in [3.8, 4) is 11.3 Å². The van der Waals surface area contributed by atoms with Crippen LogP contribution >= 0.6 is 0 Å². The molecule has 1 aliphatic heterocycles. The number of anilines is 1. The second-order valence-corrected chi connectivity index (χ2v) is 9.55. The van der Waals surface area contributed by atoms with Gasteiger partial charge in [-0.25, -0.2) is 22.7 Å². The third-order valence-corrected chi connectivity index (χ3v) is 7.70. The van der Waals surface area contributed by atoms with Crippen molar-refractivity contribution in [1.82, 2.24) is 19.6 Å². The first-order valence-electron chi connectivity index (χ1n) is 11.8. The summed E-state index contributed by atoms with van der Waals surface area (Å²) in [5.41, 5.74) is 9.92. The molecule has 0 amide bonds. The summed E-state index contributed by atoms with van der Waals surface area (Å²) in [4.78, 5) is 11.3. The molecule has 0 radical (unpaired) electrons. The Morgan fingerprint density at radius 2 is 1.89 bits per heavy atom. The average Bonchev–Trinajstić information content (AvgIpc) is 3.40. The highest BCUT2D eigenvalue weighted by Crippen LogP contribution is 2.50. The summed E-state index contributed by atoms with van der Waals surface area (Å²) in [5.74, 6) is -0.00342. The Labute approximate surface area is 200 Å². The molecule has 1 aliphatic carbocycles. The number of nitrogens with zero attached hydrogens (tertiary/aromatic N) is 5. The molecule has 35 heavy (non-hydrogen) atoms. The summed E-state index contributed by atoms with van der Waals surface area (Å²) in [6, 6.07) is 10.1. The van der Waals surface area contributed by atoms with E-state index in [0.29, 0.717) is 30.3 Å². The van der Waals surface area contributed by atoms with Crippen LogP contribution in [-0.4, -0.2) is 32.7 Å². The van der Waals surface area contributed by atoms with E-state index in [4.69, 9.17) is 10.7 Å². The van der Waals surface area contributed by atoms with E-state index in [2.05, 4.69) is 10.1 Å². The molecule has 6 nitrogen and oxygen atoms in total. The van der Waals surface area contributed by atoms with Gasteiger partial charge in [-0.05, 0) is 55.4 Å². The smallest absolute Gasteiger partial charge is 0.267 e. The van der Waals surface area contributed by atoms with Gasteiger partial charge < -0.3 is 10.6 Å². The number of piperidine rings is 1. The van der Waals surface area contributed by atoms with Gasteiger partial charge >= 0.3 is 0 Å². The first-order chi connectivity index (χ1) is 16.9. The lowest BCUT2D eigenvalue weighted by atomic mass is 9.73. The lowest BCUT2D eigenvalue weighted by Gasteiger charge is -2.42. The number of aryl methyl sites for hydroxylation is 1. The maximum absolute atomic E-state index is 14.7. The molecule has 9 heteroatoms. The van der Waals surface area contributed by atoms with Gasteiger partial charge in [0.15, 0.2) is 5.82 Å². The van der Waals surface area contributed by atoms with Crippen molar-refractivity contribution < 1.29 is 13.2 Å². The second-order valence-electron chi connectivity index (χ2n) is 9.55. The minimum atomic E-state index is -2.73. The third kappa shape index (κ3) is 3.32. The molecule has 1 aromatic carbocycles. The maximum Gasteiger partial charge on any atom is 0.267 e. The molecule has 0 saturated carbocycles. The summed E-state index contributed by atoms with van der Waals surface area (Å²) in [6.45, 7) is 3.00. The average molecular weight is 479 g/mol. The number of pyridine rings is 1. The molecule has 2 aliphatic rings. The molecule has 4 heterocycles. The summed E-state index contributed by atoms with van der Waals surface area (Å²) in [7, 11) is 0. The lowest BCUT2D eigenvalue weighted by Crippen LogP contribution is -2.44. The van der Waals surface area contributed by atoms with Crippen molar-refractivity contribution in [1.29, 1.82) is 0 Å². The van der Waals surface area contributed by atoms with Crippen molar-refractivity contribution in [2.45, 2.75) is 38.7 Å². The highest BCUT2D eigenvalue weighted by atomic mass is 19.3. The molecule has 1 saturated heterocycles. The number of aromatic nitrogens is 4. The van der Waals surface area contributed by atoms with Gasteiger partial charge in [-0.15, -0.1) is 0 Å². The fourth-order valence-corrected chi connectivity index (χ4v) is 5.82. The first kappa shape index (κ1) is 22.0. The standard InChI is InChI=1S/C26H25F3N6/c1-15-21(16-5-2-3-7-19(16)27)35-22(18(14-32-35)24(28)29)25(33-15)34-11-8-26(9-12-34)13-20-17(23(26)30)6-4-10-31-20/h2-7,10,14,23-24H,8-9,11-13,30H2,1H3/t23-/m1/s1. The van der Waals surface area contributed by atoms with Crippen LogP contribution in [0.15, 0.2) is 48.8 Å². The van der Waals surface area contributed by atoms with E-state index in [1.807, 2.05) is 17.0 Å². The Morgan fingerprint density at radius 1 is 1.11 bits per heavy atom. The number of rotatable bonds is 3. The zero-order valence-corrected chi connectivity index (χ0v) is 19.3. The van der Waals surface area contributed by atoms with Crippen LogP contribution in [0.1, 0.15) is 47.8 Å². The summed E-state index contributed by atoms with van der Waals surface area (Å²) in [5, 5.41) is 4.26. The molecule has 2 N–H and O–H groups in total. The number of hydrogen-bond donors (Lipinski definition) is 1. The van der Waals surface area contributed by atoms with E-state index in [1.54, 1.807) is 31.3 Å². The van der Waals surface area contributed by atoms with Crippen molar-refractivity contribution >= 4 is 11.3 Å². The van der Waals surface area contributed by atoms with Crippen molar-refractivity contribution in [3.05, 3.63) is 77.1 Å². The quantitative estimate of drug-likeness (QED) is 0.448. The Balaban J connectivity index is 1.40. The van der Waals surface area contributed by atoms with Crippen molar-refractivity contribution in [2.75, 3.05) is 18.0 Å². The predicted molar refractivity (Wildman–Crippen MR) is 127 cm³/mol. The number of alkyl halides is 2. The minimum Gasteiger partial charge on any atom is -0.355 e. The van der Waals surface area contributed by atoms with E-state index < -0.39 is 12.2 Å². The van der Waals surface area contributed by atoms with Gasteiger partial charge in [-0.2, -0.15) is 5.10 Å².